The van der Waals surface area contributed by atoms with Gasteiger partial charge in [0.05, 0.1) is 22.9 Å². The molecule has 2 bridgehead atoms. The number of methoxy groups -OCH3 is 1. The Labute approximate surface area is 324 Å². The number of rotatable bonds is 8. The maximum Gasteiger partial charge on any atom is 0.290 e. The van der Waals surface area contributed by atoms with Crippen molar-refractivity contribution in [3.63, 3.8) is 0 Å². The van der Waals surface area contributed by atoms with Gasteiger partial charge in [-0.05, 0) is 68.0 Å². The topological polar surface area (TPSA) is 194 Å². The molecule has 0 radical (unpaired) electrons. The molecular formula is C40H48FN7O8. The van der Waals surface area contributed by atoms with E-state index < -0.39 is 17.1 Å². The Kier molecular flexibility index (Phi) is 16.5. The number of hydrogen-bond donors (Lipinski definition) is 4. The zero-order valence-electron chi connectivity index (χ0n) is 31.5. The Morgan fingerprint density at radius 3 is 2.52 bits per heavy atom. The number of para-hydroxylation sites is 1. The lowest BCUT2D eigenvalue weighted by Crippen LogP contribution is -2.50. The second-order valence-corrected chi connectivity index (χ2v) is 13.1. The van der Waals surface area contributed by atoms with E-state index in [2.05, 4.69) is 25.9 Å². The van der Waals surface area contributed by atoms with Crippen molar-refractivity contribution in [1.82, 2.24) is 35.4 Å². The van der Waals surface area contributed by atoms with Gasteiger partial charge in [-0.15, -0.1) is 0 Å². The summed E-state index contributed by atoms with van der Waals surface area (Å²) >= 11 is 0. The van der Waals surface area contributed by atoms with Crippen LogP contribution in [0.3, 0.4) is 0 Å². The first kappa shape index (κ1) is 42.6. The van der Waals surface area contributed by atoms with Gasteiger partial charge in [-0.25, -0.2) is 9.37 Å². The lowest BCUT2D eigenvalue weighted by molar-refractivity contribution is -0.133. The second kappa shape index (κ2) is 21.7. The molecule has 6 rings (SSSR count). The van der Waals surface area contributed by atoms with Gasteiger partial charge in [-0.2, -0.15) is 0 Å². The van der Waals surface area contributed by atoms with Gasteiger partial charge in [0.15, 0.2) is 12.4 Å². The van der Waals surface area contributed by atoms with E-state index in [0.717, 1.165) is 28.8 Å². The van der Waals surface area contributed by atoms with Gasteiger partial charge in [-0.3, -0.25) is 29.0 Å². The van der Waals surface area contributed by atoms with Crippen LogP contribution in [0.2, 0.25) is 0 Å². The van der Waals surface area contributed by atoms with E-state index >= 15 is 0 Å². The summed E-state index contributed by atoms with van der Waals surface area (Å²) in [5, 5.41) is 15.8. The maximum atomic E-state index is 14.5. The van der Waals surface area contributed by atoms with Crippen LogP contribution in [0, 0.1) is 18.2 Å². The van der Waals surface area contributed by atoms with Gasteiger partial charge in [0.1, 0.15) is 11.6 Å². The van der Waals surface area contributed by atoms with Crippen molar-refractivity contribution >= 4 is 30.1 Å². The van der Waals surface area contributed by atoms with E-state index in [-0.39, 0.29) is 95.0 Å². The van der Waals surface area contributed by atoms with Crippen LogP contribution in [0.15, 0.2) is 79.4 Å². The first-order chi connectivity index (χ1) is 27.1. The van der Waals surface area contributed by atoms with Crippen molar-refractivity contribution in [3.05, 3.63) is 108 Å². The quantitative estimate of drug-likeness (QED) is 0.193. The molecule has 1 atom stereocenters. The highest BCUT2D eigenvalue weighted by atomic mass is 19.1. The molecule has 15 nitrogen and oxygen atoms in total. The largest absolute Gasteiger partial charge is 0.484 e. The van der Waals surface area contributed by atoms with Gasteiger partial charge in [0, 0.05) is 71.5 Å². The minimum atomic E-state index is -1.12. The molecule has 4 aromatic rings. The number of nitrogens with one attached hydrogen (secondary N) is 3. The van der Waals surface area contributed by atoms with Crippen molar-refractivity contribution < 1.29 is 42.9 Å². The van der Waals surface area contributed by atoms with Crippen LogP contribution < -0.4 is 20.7 Å². The minimum absolute atomic E-state index is 0.0204. The molecule has 4 N–H and O–H groups in total. The first-order valence-electron chi connectivity index (χ1n) is 18.2. The van der Waals surface area contributed by atoms with E-state index in [0.29, 0.717) is 18.6 Å². The Hall–Kier alpha value is -6.16. The summed E-state index contributed by atoms with van der Waals surface area (Å²) in [6.45, 7) is 2.60. The molecule has 298 valence electrons. The highest BCUT2D eigenvalue weighted by molar-refractivity contribution is 5.94. The fourth-order valence-electron chi connectivity index (χ4n) is 6.31. The summed E-state index contributed by atoms with van der Waals surface area (Å²) in [7, 11) is 1.56. The molecule has 0 spiro atoms. The summed E-state index contributed by atoms with van der Waals surface area (Å²) in [6, 6.07) is 16.2. The zero-order valence-corrected chi connectivity index (χ0v) is 31.5. The predicted molar refractivity (Wildman–Crippen MR) is 203 cm³/mol. The monoisotopic (exact) mass is 773 g/mol. The normalized spacial score (nSPS) is 16.9. The highest BCUT2D eigenvalue weighted by Crippen LogP contribution is 2.30. The van der Waals surface area contributed by atoms with Gasteiger partial charge in [-0.1, -0.05) is 30.3 Å². The highest BCUT2D eigenvalue weighted by Gasteiger charge is 2.39. The number of aryl methyl sites for hydroxylation is 1. The number of ether oxygens (including phenoxy) is 2. The Morgan fingerprint density at radius 2 is 1.80 bits per heavy atom. The van der Waals surface area contributed by atoms with E-state index in [4.69, 9.17) is 19.4 Å². The van der Waals surface area contributed by atoms with Crippen LogP contribution in [0.5, 0.6) is 5.75 Å². The van der Waals surface area contributed by atoms with Crippen molar-refractivity contribution in [2.45, 2.75) is 45.6 Å². The number of fused-ring (bicyclic) bond motifs is 17. The number of nitrogens with zero attached hydrogens (tertiary/aromatic N) is 4. The molecule has 1 unspecified atom stereocenters. The average molecular weight is 774 g/mol. The third-order valence-corrected chi connectivity index (χ3v) is 9.29. The van der Waals surface area contributed by atoms with Gasteiger partial charge in [0.25, 0.3) is 18.3 Å². The molecule has 2 aliphatic rings. The number of amides is 4. The average Bonchev–Trinajstić information content (AvgIpc) is 3.63. The van der Waals surface area contributed by atoms with E-state index in [9.17, 15) is 23.6 Å². The molecule has 2 aliphatic heterocycles. The summed E-state index contributed by atoms with van der Waals surface area (Å²) in [4.78, 5) is 71.5. The Bertz CT molecular complexity index is 1920. The Balaban J connectivity index is 0.00000225. The molecule has 2 aromatic carbocycles. The smallest absolute Gasteiger partial charge is 0.290 e. The van der Waals surface area contributed by atoms with Crippen LogP contribution in [0.1, 0.15) is 53.0 Å². The van der Waals surface area contributed by atoms with E-state index in [1.807, 2.05) is 54.1 Å². The molecule has 4 heterocycles. The number of carboxylic acid groups (broad SMARTS) is 1. The molecule has 16 heteroatoms. The molecule has 0 saturated heterocycles. The number of pyridine rings is 1. The first-order valence-corrected chi connectivity index (χ1v) is 18.2. The molecule has 0 saturated carbocycles. The third-order valence-electron chi connectivity index (χ3n) is 9.29. The summed E-state index contributed by atoms with van der Waals surface area (Å²) in [5.74, 6) is -0.894. The number of halogens is 1. The fraction of sp³-hybridized carbons (Fsp3) is 0.375. The molecule has 0 aliphatic carbocycles. The van der Waals surface area contributed by atoms with Crippen molar-refractivity contribution in [2.24, 2.45) is 5.41 Å². The third kappa shape index (κ3) is 12.2. The predicted octanol–water partition coefficient (Wildman–Crippen LogP) is 3.23. The lowest BCUT2D eigenvalue weighted by Gasteiger charge is -2.33. The Morgan fingerprint density at radius 1 is 1.05 bits per heavy atom. The summed E-state index contributed by atoms with van der Waals surface area (Å²) < 4.78 is 27.6. The van der Waals surface area contributed by atoms with Crippen LogP contribution in [0.25, 0.3) is 5.69 Å². The number of aromatic nitrogens is 3. The number of carbonyl (C=O) groups is 5. The molecule has 4 amide bonds. The fourth-order valence-corrected chi connectivity index (χ4v) is 6.31. The van der Waals surface area contributed by atoms with Crippen LogP contribution in [-0.4, -0.2) is 101 Å². The number of hydrogen-bond acceptors (Lipinski definition) is 9. The van der Waals surface area contributed by atoms with Crippen molar-refractivity contribution in [3.8, 4) is 11.4 Å². The molecule has 56 heavy (non-hydrogen) atoms. The van der Waals surface area contributed by atoms with E-state index in [1.165, 1.54) is 17.2 Å². The van der Waals surface area contributed by atoms with Crippen LogP contribution in [0.4, 0.5) is 4.39 Å². The lowest BCUT2D eigenvalue weighted by atomic mass is 9.77. The molecule has 0 fully saturated rings. The number of benzene rings is 2. The van der Waals surface area contributed by atoms with E-state index in [1.54, 1.807) is 25.4 Å². The van der Waals surface area contributed by atoms with Crippen LogP contribution in [-0.2, 0) is 36.9 Å². The SMILES string of the molecule is COCCC1(C(=O)NCc2ccccc2-n2ccnc2C)CNC(=O)CCCN(C(=O)c2ccncc2F)CCCNC(=O)COc2ccc(cc2)C1.O=CO. The number of carbonyl (C=O) groups excluding carboxylic acids is 4. The maximum absolute atomic E-state index is 14.5. The van der Waals surface area contributed by atoms with Gasteiger partial charge >= 0.3 is 0 Å². The van der Waals surface area contributed by atoms with Gasteiger partial charge in [0.2, 0.25) is 11.8 Å². The summed E-state index contributed by atoms with van der Waals surface area (Å²) in [5.41, 5.74) is 1.36. The summed E-state index contributed by atoms with van der Waals surface area (Å²) in [6.07, 6.45) is 7.23. The second-order valence-electron chi connectivity index (χ2n) is 13.1. The van der Waals surface area contributed by atoms with Crippen molar-refractivity contribution in [1.29, 1.82) is 0 Å². The molecular weight excluding hydrogens is 725 g/mol. The standard InChI is InChI=1S/C39H46FN7O6.CH2O2/c1-28-42-18-21-47(28)34-8-4-3-7-30(34)24-44-38(51)39(15-22-52-2)23-29-10-12-31(13-11-29)53-26-36(49)43-16-6-20-46(19-5-9-35(48)45-27-39)37(50)32-14-17-41-25-33(32)40;2-1-3/h3-4,7-8,10-14,17-18,21,25H,5-6,9,15-16,19-20,22-24,26-27H2,1-2H3,(H,43,49)(H,44,51)(H,45,48);1H,(H,2,3). The number of imidazole rings is 1. The zero-order chi connectivity index (χ0) is 40.3. The minimum Gasteiger partial charge on any atom is -0.484 e. The molecule has 2 aromatic heterocycles. The van der Waals surface area contributed by atoms with Crippen LogP contribution >= 0.6 is 0 Å². The van der Waals surface area contributed by atoms with Crippen molar-refractivity contribution in [2.75, 3.05) is 46.5 Å². The van der Waals surface area contributed by atoms with Gasteiger partial charge < -0.3 is 40.0 Å².